The molecule has 1 aromatic heterocycles. The summed E-state index contributed by atoms with van der Waals surface area (Å²) in [6, 6.07) is 20.4. The van der Waals surface area contributed by atoms with Crippen LogP contribution >= 0.6 is 11.8 Å². The van der Waals surface area contributed by atoms with Crippen LogP contribution in [0.15, 0.2) is 76.8 Å². The third-order valence-corrected chi connectivity index (χ3v) is 6.55. The molecule has 0 bridgehead atoms. The van der Waals surface area contributed by atoms with Gasteiger partial charge in [0.15, 0.2) is 5.17 Å². The van der Waals surface area contributed by atoms with E-state index in [1.165, 1.54) is 31.0 Å². The maximum atomic E-state index is 12.6. The van der Waals surface area contributed by atoms with Gasteiger partial charge in [-0.15, -0.1) is 0 Å². The number of carbonyl (C=O) groups excluding carboxylic acids is 1. The van der Waals surface area contributed by atoms with Gasteiger partial charge in [-0.3, -0.25) is 9.79 Å². The van der Waals surface area contributed by atoms with Crippen molar-refractivity contribution in [2.24, 2.45) is 4.99 Å². The molecule has 1 amide bonds. The number of carbonyl (C=O) groups is 1. The van der Waals surface area contributed by atoms with Crippen LogP contribution in [0.5, 0.6) is 0 Å². The molecule has 31 heavy (non-hydrogen) atoms. The summed E-state index contributed by atoms with van der Waals surface area (Å²) in [5.74, 6) is -0.0916. The smallest absolute Gasteiger partial charge is 0.264 e. The molecule has 5 rings (SSSR count). The van der Waals surface area contributed by atoms with Crippen molar-refractivity contribution in [2.45, 2.75) is 38.1 Å². The van der Waals surface area contributed by atoms with Gasteiger partial charge in [0, 0.05) is 17.3 Å². The molecule has 1 saturated carbocycles. The number of amidine groups is 1. The van der Waals surface area contributed by atoms with Crippen molar-refractivity contribution < 1.29 is 4.79 Å². The van der Waals surface area contributed by atoms with E-state index in [2.05, 4.69) is 5.32 Å². The molecule has 0 spiro atoms. The lowest BCUT2D eigenvalue weighted by Gasteiger charge is -2.17. The van der Waals surface area contributed by atoms with Crippen LogP contribution in [0.1, 0.15) is 37.7 Å². The van der Waals surface area contributed by atoms with E-state index in [1.54, 1.807) is 0 Å². The van der Waals surface area contributed by atoms with Crippen LogP contribution in [0.3, 0.4) is 0 Å². The summed E-state index contributed by atoms with van der Waals surface area (Å²) in [6.45, 7) is 0. The van der Waals surface area contributed by atoms with Gasteiger partial charge in [-0.2, -0.15) is 5.10 Å². The highest BCUT2D eigenvalue weighted by atomic mass is 32.2. The molecule has 2 heterocycles. The number of benzene rings is 2. The fourth-order valence-electron chi connectivity index (χ4n) is 4.03. The van der Waals surface area contributed by atoms with E-state index in [9.17, 15) is 4.79 Å². The second-order valence-electron chi connectivity index (χ2n) is 7.87. The summed E-state index contributed by atoms with van der Waals surface area (Å²) in [7, 11) is 0. The Bertz CT molecular complexity index is 1130. The molecular formula is C25H24N4OS. The van der Waals surface area contributed by atoms with Crippen molar-refractivity contribution in [1.29, 1.82) is 0 Å². The zero-order valence-corrected chi connectivity index (χ0v) is 18.0. The first-order valence-corrected chi connectivity index (χ1v) is 11.6. The lowest BCUT2D eigenvalue weighted by atomic mass is 9.96. The first-order valence-electron chi connectivity index (χ1n) is 10.8. The van der Waals surface area contributed by atoms with Gasteiger partial charge in [0.05, 0.1) is 22.3 Å². The summed E-state index contributed by atoms with van der Waals surface area (Å²) in [6.07, 6.45) is 9.87. The number of aliphatic imine (C=N–C) groups is 1. The van der Waals surface area contributed by atoms with E-state index in [0.717, 1.165) is 40.5 Å². The maximum Gasteiger partial charge on any atom is 0.264 e. The minimum absolute atomic E-state index is 0.0916. The van der Waals surface area contributed by atoms with E-state index in [4.69, 9.17) is 10.1 Å². The predicted octanol–water partition coefficient (Wildman–Crippen LogP) is 5.43. The van der Waals surface area contributed by atoms with Gasteiger partial charge >= 0.3 is 0 Å². The number of hydrogen-bond acceptors (Lipinski definition) is 4. The number of nitrogens with zero attached hydrogens (tertiary/aromatic N) is 3. The molecule has 1 saturated heterocycles. The van der Waals surface area contributed by atoms with Crippen LogP contribution in [0.25, 0.3) is 23.0 Å². The number of rotatable bonds is 4. The molecule has 2 fully saturated rings. The van der Waals surface area contributed by atoms with Gasteiger partial charge in [-0.25, -0.2) is 4.68 Å². The minimum atomic E-state index is -0.0916. The van der Waals surface area contributed by atoms with E-state index in [1.807, 2.05) is 77.6 Å². The standard InChI is InChI=1S/C25H24N4OS/c30-24-22(31-25(27-24)26-20-12-6-2-7-13-20)16-19-17-29(21-14-8-3-9-15-21)28-23(19)18-10-4-1-5-11-18/h1,3-5,8-11,14-17,20H,2,6-7,12-13H2,(H,26,27,30). The van der Waals surface area contributed by atoms with Gasteiger partial charge in [0.25, 0.3) is 5.91 Å². The number of aromatic nitrogens is 2. The van der Waals surface area contributed by atoms with Crippen molar-refractivity contribution in [3.05, 3.63) is 77.3 Å². The van der Waals surface area contributed by atoms with Crippen molar-refractivity contribution >= 4 is 28.9 Å². The highest BCUT2D eigenvalue weighted by molar-refractivity contribution is 8.18. The van der Waals surface area contributed by atoms with Gasteiger partial charge in [-0.1, -0.05) is 67.8 Å². The van der Waals surface area contributed by atoms with Crippen LogP contribution in [-0.4, -0.2) is 26.9 Å². The average Bonchev–Trinajstić information content (AvgIpc) is 3.39. The Kier molecular flexibility index (Phi) is 5.71. The molecule has 0 radical (unpaired) electrons. The van der Waals surface area contributed by atoms with Gasteiger partial charge < -0.3 is 5.32 Å². The van der Waals surface area contributed by atoms with Crippen LogP contribution in [-0.2, 0) is 4.79 Å². The molecule has 6 heteroatoms. The van der Waals surface area contributed by atoms with Gasteiger partial charge in [0.1, 0.15) is 0 Å². The summed E-state index contributed by atoms with van der Waals surface area (Å²) in [4.78, 5) is 18.1. The SMILES string of the molecule is O=C1NC(=NC2CCCCC2)SC1=Cc1cn(-c2ccccc2)nc1-c1ccccc1. The van der Waals surface area contributed by atoms with Crippen LogP contribution in [0.4, 0.5) is 0 Å². The van der Waals surface area contributed by atoms with Crippen molar-refractivity contribution in [2.75, 3.05) is 0 Å². The highest BCUT2D eigenvalue weighted by Crippen LogP contribution is 2.32. The van der Waals surface area contributed by atoms with E-state index < -0.39 is 0 Å². The van der Waals surface area contributed by atoms with Crippen molar-refractivity contribution in [3.63, 3.8) is 0 Å². The Balaban J connectivity index is 1.49. The first-order chi connectivity index (χ1) is 15.3. The largest absolute Gasteiger partial charge is 0.301 e. The maximum absolute atomic E-state index is 12.6. The summed E-state index contributed by atoms with van der Waals surface area (Å²) in [5, 5.41) is 8.50. The molecular weight excluding hydrogens is 404 g/mol. The van der Waals surface area contributed by atoms with E-state index in [-0.39, 0.29) is 5.91 Å². The third-order valence-electron chi connectivity index (χ3n) is 5.62. The van der Waals surface area contributed by atoms with E-state index >= 15 is 0 Å². The highest BCUT2D eigenvalue weighted by Gasteiger charge is 2.26. The molecule has 1 aliphatic heterocycles. The third kappa shape index (κ3) is 4.49. The van der Waals surface area contributed by atoms with Crippen LogP contribution in [0.2, 0.25) is 0 Å². The predicted molar refractivity (Wildman–Crippen MR) is 127 cm³/mol. The molecule has 1 N–H and O–H groups in total. The lowest BCUT2D eigenvalue weighted by molar-refractivity contribution is -0.115. The second-order valence-corrected chi connectivity index (χ2v) is 8.90. The molecule has 5 nitrogen and oxygen atoms in total. The fraction of sp³-hybridized carbons (Fsp3) is 0.240. The summed E-state index contributed by atoms with van der Waals surface area (Å²) < 4.78 is 1.86. The zero-order chi connectivity index (χ0) is 21.0. The Labute approximate surface area is 186 Å². The normalized spacial score (nSPS) is 19.8. The Morgan fingerprint density at radius 1 is 1.00 bits per heavy atom. The second kappa shape index (κ2) is 8.94. The number of para-hydroxylation sites is 1. The van der Waals surface area contributed by atoms with E-state index in [0.29, 0.717) is 10.9 Å². The van der Waals surface area contributed by atoms with Crippen LogP contribution < -0.4 is 5.32 Å². The number of thioether (sulfide) groups is 1. The zero-order valence-electron chi connectivity index (χ0n) is 17.2. The molecule has 2 aliphatic rings. The monoisotopic (exact) mass is 428 g/mol. The van der Waals surface area contributed by atoms with Crippen LogP contribution in [0, 0.1) is 0 Å². The van der Waals surface area contributed by atoms with Crippen molar-refractivity contribution in [1.82, 2.24) is 15.1 Å². The minimum Gasteiger partial charge on any atom is -0.301 e. The lowest BCUT2D eigenvalue weighted by Crippen LogP contribution is -2.22. The fourth-order valence-corrected chi connectivity index (χ4v) is 4.92. The van der Waals surface area contributed by atoms with Crippen molar-refractivity contribution in [3.8, 4) is 16.9 Å². The Morgan fingerprint density at radius 2 is 1.71 bits per heavy atom. The first kappa shape index (κ1) is 19.8. The molecule has 0 atom stereocenters. The number of nitrogens with one attached hydrogen (secondary N) is 1. The molecule has 1 aliphatic carbocycles. The van der Waals surface area contributed by atoms with Gasteiger partial charge in [0.2, 0.25) is 0 Å². The molecule has 3 aromatic rings. The molecule has 0 unspecified atom stereocenters. The Morgan fingerprint density at radius 3 is 2.45 bits per heavy atom. The number of amides is 1. The molecule has 2 aromatic carbocycles. The quantitative estimate of drug-likeness (QED) is 0.564. The average molecular weight is 429 g/mol. The van der Waals surface area contributed by atoms with Gasteiger partial charge in [-0.05, 0) is 42.8 Å². The Hall–Kier alpha value is -3.12. The number of hydrogen-bond donors (Lipinski definition) is 1. The summed E-state index contributed by atoms with van der Waals surface area (Å²) >= 11 is 1.43. The molecule has 156 valence electrons. The summed E-state index contributed by atoms with van der Waals surface area (Å²) in [5.41, 5.74) is 3.76. The topological polar surface area (TPSA) is 59.3 Å².